The molecular weight excluding hydrogens is 248 g/mol. The summed E-state index contributed by atoms with van der Waals surface area (Å²) in [7, 11) is 1.95. The number of benzene rings is 1. The number of rotatable bonds is 7. The minimum absolute atomic E-state index is 0.109. The zero-order valence-electron chi connectivity index (χ0n) is 13.0. The van der Waals surface area contributed by atoms with Crippen LogP contribution in [-0.2, 0) is 6.42 Å². The standard InChI is InChI=1S/C17H28N2O/c1-4-17(13-20,18-3)10-7-11-19-14(2)12-15-8-5-6-9-16(15)19/h5-6,8-9,14,18,20H,4,7,10-13H2,1-3H3. The first-order valence-electron chi connectivity index (χ1n) is 7.80. The van der Waals surface area contributed by atoms with Crippen LogP contribution >= 0.6 is 0 Å². The molecule has 3 heteroatoms. The summed E-state index contributed by atoms with van der Waals surface area (Å²) < 4.78 is 0. The lowest BCUT2D eigenvalue weighted by atomic mass is 9.91. The maximum atomic E-state index is 9.60. The van der Waals surface area contributed by atoms with Gasteiger partial charge in [-0.1, -0.05) is 25.1 Å². The molecule has 0 amide bonds. The topological polar surface area (TPSA) is 35.5 Å². The van der Waals surface area contributed by atoms with E-state index >= 15 is 0 Å². The molecule has 1 aromatic rings. The van der Waals surface area contributed by atoms with Crippen LogP contribution in [0.5, 0.6) is 0 Å². The molecule has 0 fully saturated rings. The summed E-state index contributed by atoms with van der Waals surface area (Å²) >= 11 is 0. The van der Waals surface area contributed by atoms with E-state index in [2.05, 4.69) is 48.3 Å². The monoisotopic (exact) mass is 276 g/mol. The molecule has 0 spiro atoms. The molecule has 0 saturated carbocycles. The van der Waals surface area contributed by atoms with Crippen molar-refractivity contribution in [1.82, 2.24) is 5.32 Å². The summed E-state index contributed by atoms with van der Waals surface area (Å²) in [6.07, 6.45) is 4.24. The van der Waals surface area contributed by atoms with E-state index in [0.717, 1.165) is 32.2 Å². The van der Waals surface area contributed by atoms with E-state index in [0.29, 0.717) is 6.04 Å². The number of anilines is 1. The van der Waals surface area contributed by atoms with Crippen LogP contribution in [0.15, 0.2) is 24.3 Å². The Hall–Kier alpha value is -1.06. The third-order valence-corrected chi connectivity index (χ3v) is 4.91. The van der Waals surface area contributed by atoms with Gasteiger partial charge < -0.3 is 15.3 Å². The molecule has 0 radical (unpaired) electrons. The highest BCUT2D eigenvalue weighted by Crippen LogP contribution is 2.32. The van der Waals surface area contributed by atoms with Gasteiger partial charge in [-0.15, -0.1) is 0 Å². The zero-order chi connectivity index (χ0) is 14.6. The predicted molar refractivity (Wildman–Crippen MR) is 85.4 cm³/mol. The average molecular weight is 276 g/mol. The van der Waals surface area contributed by atoms with Gasteiger partial charge in [-0.3, -0.25) is 0 Å². The Morgan fingerprint density at radius 1 is 1.40 bits per heavy atom. The van der Waals surface area contributed by atoms with Crippen molar-refractivity contribution in [1.29, 1.82) is 0 Å². The third kappa shape index (κ3) is 2.99. The largest absolute Gasteiger partial charge is 0.394 e. The molecule has 2 atom stereocenters. The number of aliphatic hydroxyl groups is 1. The van der Waals surface area contributed by atoms with E-state index < -0.39 is 0 Å². The number of hydrogen-bond acceptors (Lipinski definition) is 3. The van der Waals surface area contributed by atoms with Crippen molar-refractivity contribution in [2.24, 2.45) is 0 Å². The van der Waals surface area contributed by atoms with Crippen LogP contribution in [0.2, 0.25) is 0 Å². The van der Waals surface area contributed by atoms with E-state index in [-0.39, 0.29) is 12.1 Å². The SMILES string of the molecule is CCC(CO)(CCCN1c2ccccc2CC1C)NC. The normalized spacial score (nSPS) is 20.8. The van der Waals surface area contributed by atoms with E-state index in [1.807, 2.05) is 7.05 Å². The van der Waals surface area contributed by atoms with Crippen LogP contribution in [0.25, 0.3) is 0 Å². The molecule has 1 heterocycles. The van der Waals surface area contributed by atoms with Crippen molar-refractivity contribution in [2.45, 2.75) is 51.1 Å². The Balaban J connectivity index is 1.95. The molecule has 0 bridgehead atoms. The molecule has 20 heavy (non-hydrogen) atoms. The molecule has 2 rings (SSSR count). The second kappa shape index (κ2) is 6.59. The van der Waals surface area contributed by atoms with Crippen LogP contribution in [0.4, 0.5) is 5.69 Å². The Morgan fingerprint density at radius 2 is 2.15 bits per heavy atom. The van der Waals surface area contributed by atoms with Gasteiger partial charge in [0.1, 0.15) is 0 Å². The van der Waals surface area contributed by atoms with Crippen molar-refractivity contribution in [3.63, 3.8) is 0 Å². The van der Waals surface area contributed by atoms with Crippen molar-refractivity contribution < 1.29 is 5.11 Å². The maximum Gasteiger partial charge on any atom is 0.0613 e. The van der Waals surface area contributed by atoms with Crippen molar-refractivity contribution in [3.8, 4) is 0 Å². The predicted octanol–water partition coefficient (Wildman–Crippen LogP) is 2.58. The highest BCUT2D eigenvalue weighted by Gasteiger charge is 2.28. The Bertz CT molecular complexity index is 420. The number of hydrogen-bond donors (Lipinski definition) is 2. The van der Waals surface area contributed by atoms with Crippen LogP contribution in [0.3, 0.4) is 0 Å². The summed E-state index contributed by atoms with van der Waals surface area (Å²) in [5.74, 6) is 0. The molecule has 1 aliphatic heterocycles. The number of likely N-dealkylation sites (N-methyl/N-ethyl adjacent to an activating group) is 1. The van der Waals surface area contributed by atoms with E-state index in [4.69, 9.17) is 0 Å². The van der Waals surface area contributed by atoms with Gasteiger partial charge in [-0.2, -0.15) is 0 Å². The summed E-state index contributed by atoms with van der Waals surface area (Å²) in [5, 5.41) is 12.9. The molecule has 2 N–H and O–H groups in total. The van der Waals surface area contributed by atoms with E-state index in [1.54, 1.807) is 0 Å². The quantitative estimate of drug-likeness (QED) is 0.803. The molecule has 0 aromatic heterocycles. The molecule has 112 valence electrons. The van der Waals surface area contributed by atoms with Gasteiger partial charge in [0.25, 0.3) is 0 Å². The van der Waals surface area contributed by atoms with Crippen LogP contribution in [0.1, 0.15) is 38.7 Å². The lowest BCUT2D eigenvalue weighted by Gasteiger charge is -2.32. The first-order chi connectivity index (χ1) is 9.65. The Morgan fingerprint density at radius 3 is 2.80 bits per heavy atom. The van der Waals surface area contributed by atoms with Crippen molar-refractivity contribution in [3.05, 3.63) is 29.8 Å². The first kappa shape index (κ1) is 15.3. The fraction of sp³-hybridized carbons (Fsp3) is 0.647. The van der Waals surface area contributed by atoms with Crippen LogP contribution < -0.4 is 10.2 Å². The molecule has 0 saturated heterocycles. The minimum atomic E-state index is -0.109. The fourth-order valence-corrected chi connectivity index (χ4v) is 3.31. The highest BCUT2D eigenvalue weighted by molar-refractivity contribution is 5.59. The second-order valence-corrected chi connectivity index (χ2v) is 6.02. The van der Waals surface area contributed by atoms with Gasteiger partial charge in [-0.25, -0.2) is 0 Å². The van der Waals surface area contributed by atoms with Gasteiger partial charge in [-0.05, 0) is 51.3 Å². The molecule has 1 aliphatic rings. The summed E-state index contributed by atoms with van der Waals surface area (Å²) in [4.78, 5) is 2.52. The Labute approximate surface area is 123 Å². The molecule has 3 nitrogen and oxygen atoms in total. The van der Waals surface area contributed by atoms with Crippen molar-refractivity contribution >= 4 is 5.69 Å². The van der Waals surface area contributed by atoms with Crippen LogP contribution in [-0.4, -0.2) is 36.9 Å². The summed E-state index contributed by atoms with van der Waals surface area (Å²) in [6, 6.07) is 9.32. The van der Waals surface area contributed by atoms with E-state index in [1.165, 1.54) is 11.3 Å². The zero-order valence-corrected chi connectivity index (χ0v) is 13.0. The number of nitrogens with one attached hydrogen (secondary N) is 1. The summed E-state index contributed by atoms with van der Waals surface area (Å²) in [6.45, 7) is 5.73. The minimum Gasteiger partial charge on any atom is -0.394 e. The number of fused-ring (bicyclic) bond motifs is 1. The van der Waals surface area contributed by atoms with Gasteiger partial charge in [0.2, 0.25) is 0 Å². The third-order valence-electron chi connectivity index (χ3n) is 4.91. The Kier molecular flexibility index (Phi) is 5.06. The maximum absolute atomic E-state index is 9.60. The van der Waals surface area contributed by atoms with Crippen molar-refractivity contribution in [2.75, 3.05) is 25.1 Å². The lowest BCUT2D eigenvalue weighted by molar-refractivity contribution is 0.153. The number of nitrogens with zero attached hydrogens (tertiary/aromatic N) is 1. The number of para-hydroxylation sites is 1. The molecule has 0 aliphatic carbocycles. The fourth-order valence-electron chi connectivity index (χ4n) is 3.31. The van der Waals surface area contributed by atoms with Gasteiger partial charge in [0.05, 0.1) is 6.61 Å². The number of aliphatic hydroxyl groups excluding tert-OH is 1. The van der Waals surface area contributed by atoms with Gasteiger partial charge in [0.15, 0.2) is 0 Å². The second-order valence-electron chi connectivity index (χ2n) is 6.02. The molecule has 1 aromatic carbocycles. The lowest BCUT2D eigenvalue weighted by Crippen LogP contribution is -2.46. The van der Waals surface area contributed by atoms with Gasteiger partial charge >= 0.3 is 0 Å². The molecule has 2 unspecified atom stereocenters. The summed E-state index contributed by atoms with van der Waals surface area (Å²) in [5.41, 5.74) is 2.76. The van der Waals surface area contributed by atoms with Gasteiger partial charge in [0, 0.05) is 23.8 Å². The average Bonchev–Trinajstić information content (AvgIpc) is 2.80. The highest BCUT2D eigenvalue weighted by atomic mass is 16.3. The smallest absolute Gasteiger partial charge is 0.0613 e. The molecular formula is C17H28N2O. The first-order valence-corrected chi connectivity index (χ1v) is 7.80. The van der Waals surface area contributed by atoms with Crippen LogP contribution in [0, 0.1) is 0 Å². The van der Waals surface area contributed by atoms with E-state index in [9.17, 15) is 5.11 Å².